The average Bonchev–Trinajstić information content (AvgIpc) is 3.51. The van der Waals surface area contributed by atoms with E-state index in [-0.39, 0.29) is 18.4 Å². The molecule has 5 rings (SSSR count). The summed E-state index contributed by atoms with van der Waals surface area (Å²) >= 11 is 0. The maximum absolute atomic E-state index is 13.5. The van der Waals surface area contributed by atoms with Gasteiger partial charge in [-0.1, -0.05) is 18.2 Å². The first-order valence-electron chi connectivity index (χ1n) is 14.1. The summed E-state index contributed by atoms with van der Waals surface area (Å²) in [4.78, 5) is 46.8. The number of rotatable bonds is 11. The van der Waals surface area contributed by atoms with E-state index in [1.165, 1.54) is 9.80 Å². The zero-order valence-corrected chi connectivity index (χ0v) is 24.1. The molecular formula is C32H33N7O4. The number of nitrogens with two attached hydrogens (primary N) is 1. The Morgan fingerprint density at radius 1 is 1.07 bits per heavy atom. The average molecular weight is 580 g/mol. The van der Waals surface area contributed by atoms with Crippen molar-refractivity contribution in [1.82, 2.24) is 19.8 Å². The molecule has 2 heterocycles. The predicted molar refractivity (Wildman–Crippen MR) is 161 cm³/mol. The molecule has 1 saturated heterocycles. The standard InChI is InChI=1S/C32H33N7O4/c1-21(30-36-27-16-11-22(18-28(27)37(30)2)31(41)35-23(19-34)8-6-7-17-33)39-29(40)20-38(32(39)42)24-12-14-26(15-13-24)43-25-9-4-3-5-10-25/h3-5,9-16,18,21,23H,6-8,17,20,33H2,1-2H3,(H,35,41)/t21-,23-/m0/s1. The van der Waals surface area contributed by atoms with Crippen LogP contribution in [0.25, 0.3) is 11.0 Å². The quantitative estimate of drug-likeness (QED) is 0.194. The Morgan fingerprint density at radius 3 is 2.49 bits per heavy atom. The highest BCUT2D eigenvalue weighted by atomic mass is 16.5. The normalized spacial score (nSPS) is 14.6. The van der Waals surface area contributed by atoms with Crippen molar-refractivity contribution in [2.24, 2.45) is 12.8 Å². The Bertz CT molecular complexity index is 1680. The van der Waals surface area contributed by atoms with Gasteiger partial charge in [-0.05, 0) is 87.3 Å². The number of para-hydroxylation sites is 1. The Hall–Kier alpha value is -5.21. The van der Waals surface area contributed by atoms with Gasteiger partial charge in [-0.2, -0.15) is 5.26 Å². The van der Waals surface area contributed by atoms with E-state index in [0.717, 1.165) is 12.8 Å². The molecule has 11 nitrogen and oxygen atoms in total. The maximum atomic E-state index is 13.5. The Labute approximate surface area is 249 Å². The second kappa shape index (κ2) is 12.8. The molecule has 1 aromatic heterocycles. The number of nitrogens with zero attached hydrogens (tertiary/aromatic N) is 5. The number of urea groups is 1. The Balaban J connectivity index is 1.30. The number of fused-ring (bicyclic) bond motifs is 1. The van der Waals surface area contributed by atoms with Crippen molar-refractivity contribution in [1.29, 1.82) is 5.26 Å². The number of anilines is 1. The molecule has 4 amide bonds. The van der Waals surface area contributed by atoms with Crippen molar-refractivity contribution in [2.75, 3.05) is 18.0 Å². The number of ether oxygens (including phenoxy) is 1. The highest BCUT2D eigenvalue weighted by Crippen LogP contribution is 2.32. The number of unbranched alkanes of at least 4 members (excludes halogenated alkanes) is 1. The highest BCUT2D eigenvalue weighted by Gasteiger charge is 2.41. The molecule has 4 aromatic rings. The number of nitriles is 1. The van der Waals surface area contributed by atoms with Gasteiger partial charge in [0, 0.05) is 18.3 Å². The van der Waals surface area contributed by atoms with Crippen molar-refractivity contribution in [2.45, 2.75) is 38.3 Å². The topological polar surface area (TPSA) is 147 Å². The summed E-state index contributed by atoms with van der Waals surface area (Å²) < 4.78 is 7.61. The van der Waals surface area contributed by atoms with Crippen molar-refractivity contribution in [3.8, 4) is 17.6 Å². The predicted octanol–water partition coefficient (Wildman–Crippen LogP) is 4.65. The van der Waals surface area contributed by atoms with E-state index in [4.69, 9.17) is 10.5 Å². The molecule has 3 aromatic carbocycles. The monoisotopic (exact) mass is 579 g/mol. The zero-order valence-electron chi connectivity index (χ0n) is 24.1. The number of carbonyl (C=O) groups excluding carboxylic acids is 3. The van der Waals surface area contributed by atoms with E-state index in [2.05, 4.69) is 16.4 Å². The lowest BCUT2D eigenvalue weighted by Crippen LogP contribution is -2.36. The van der Waals surface area contributed by atoms with Crippen molar-refractivity contribution < 1.29 is 19.1 Å². The number of imide groups is 1. The van der Waals surface area contributed by atoms with E-state index in [0.29, 0.717) is 52.6 Å². The van der Waals surface area contributed by atoms with Gasteiger partial charge >= 0.3 is 6.03 Å². The lowest BCUT2D eigenvalue weighted by Gasteiger charge is -2.23. The van der Waals surface area contributed by atoms with Gasteiger partial charge in [-0.15, -0.1) is 0 Å². The summed E-state index contributed by atoms with van der Waals surface area (Å²) in [6.07, 6.45) is 2.05. The summed E-state index contributed by atoms with van der Waals surface area (Å²) in [7, 11) is 1.78. The summed E-state index contributed by atoms with van der Waals surface area (Å²) in [5, 5.41) is 12.2. The number of amides is 4. The smallest absolute Gasteiger partial charge is 0.332 e. The third-order valence-corrected chi connectivity index (χ3v) is 7.47. The first-order valence-corrected chi connectivity index (χ1v) is 14.1. The number of nitrogens with one attached hydrogen (secondary N) is 1. The first-order chi connectivity index (χ1) is 20.8. The van der Waals surface area contributed by atoms with E-state index < -0.39 is 18.1 Å². The number of carbonyl (C=O) groups is 3. The van der Waals surface area contributed by atoms with Crippen LogP contribution < -0.4 is 20.7 Å². The fourth-order valence-corrected chi connectivity index (χ4v) is 5.16. The third kappa shape index (κ3) is 6.19. The van der Waals surface area contributed by atoms with Crippen LogP contribution in [0, 0.1) is 11.3 Å². The van der Waals surface area contributed by atoms with Crippen LogP contribution in [-0.2, 0) is 11.8 Å². The van der Waals surface area contributed by atoms with Crippen molar-refractivity contribution in [3.63, 3.8) is 0 Å². The van der Waals surface area contributed by atoms with Crippen molar-refractivity contribution in [3.05, 3.63) is 84.2 Å². The number of imidazole rings is 1. The van der Waals surface area contributed by atoms with Crippen LogP contribution in [-0.4, -0.2) is 51.4 Å². The van der Waals surface area contributed by atoms with Gasteiger partial charge in [0.2, 0.25) is 0 Å². The second-order valence-electron chi connectivity index (χ2n) is 10.4. The fourth-order valence-electron chi connectivity index (χ4n) is 5.16. The van der Waals surface area contributed by atoms with Gasteiger partial charge in [0.05, 0.1) is 23.1 Å². The maximum Gasteiger partial charge on any atom is 0.332 e. The minimum atomic E-state index is -0.661. The molecule has 1 fully saturated rings. The number of hydrogen-bond acceptors (Lipinski definition) is 7. The molecule has 1 aliphatic rings. The first kappa shape index (κ1) is 29.3. The van der Waals surface area contributed by atoms with Crippen LogP contribution in [0.3, 0.4) is 0 Å². The van der Waals surface area contributed by atoms with Gasteiger partial charge in [0.25, 0.3) is 11.8 Å². The molecular weight excluding hydrogens is 546 g/mol. The Morgan fingerprint density at radius 2 is 1.79 bits per heavy atom. The highest BCUT2D eigenvalue weighted by molar-refractivity contribution is 6.12. The molecule has 0 saturated carbocycles. The number of hydrogen-bond donors (Lipinski definition) is 2. The molecule has 0 radical (unpaired) electrons. The van der Waals surface area contributed by atoms with Gasteiger partial charge in [-0.25, -0.2) is 9.78 Å². The summed E-state index contributed by atoms with van der Waals surface area (Å²) in [6.45, 7) is 2.19. The molecule has 0 spiro atoms. The second-order valence-corrected chi connectivity index (χ2v) is 10.4. The van der Waals surface area contributed by atoms with Crippen LogP contribution in [0.4, 0.5) is 10.5 Å². The van der Waals surface area contributed by atoms with E-state index >= 15 is 0 Å². The fraction of sp³-hybridized carbons (Fsp3) is 0.281. The molecule has 3 N–H and O–H groups in total. The zero-order chi connectivity index (χ0) is 30.5. The third-order valence-electron chi connectivity index (χ3n) is 7.47. The SMILES string of the molecule is C[C@@H](c1nc2ccc(C(=O)N[C@H](C#N)CCCCN)cc2n1C)N1C(=O)CN(c2ccc(Oc3ccccc3)cc2)C1=O. The number of benzene rings is 3. The van der Waals surface area contributed by atoms with Gasteiger partial charge in [0.15, 0.2) is 0 Å². The van der Waals surface area contributed by atoms with Crippen LogP contribution in [0.1, 0.15) is 48.4 Å². The summed E-state index contributed by atoms with van der Waals surface area (Å²) in [5.74, 6) is 1.10. The lowest BCUT2D eigenvalue weighted by molar-refractivity contribution is -0.126. The molecule has 0 bridgehead atoms. The molecule has 43 heavy (non-hydrogen) atoms. The van der Waals surface area contributed by atoms with Crippen LogP contribution in [0.2, 0.25) is 0 Å². The molecule has 11 heteroatoms. The lowest BCUT2D eigenvalue weighted by atomic mass is 10.1. The largest absolute Gasteiger partial charge is 0.457 e. The molecule has 2 atom stereocenters. The number of aromatic nitrogens is 2. The minimum absolute atomic E-state index is 0.0956. The molecule has 1 aliphatic heterocycles. The summed E-state index contributed by atoms with van der Waals surface area (Å²) in [6, 6.07) is 21.8. The van der Waals surface area contributed by atoms with Crippen LogP contribution >= 0.6 is 0 Å². The molecule has 0 unspecified atom stereocenters. The number of aryl methyl sites for hydroxylation is 1. The van der Waals surface area contributed by atoms with E-state index in [9.17, 15) is 19.6 Å². The molecule has 0 aliphatic carbocycles. The summed E-state index contributed by atoms with van der Waals surface area (Å²) in [5.41, 5.74) is 7.77. The Kier molecular flexibility index (Phi) is 8.69. The van der Waals surface area contributed by atoms with Crippen LogP contribution in [0.5, 0.6) is 11.5 Å². The van der Waals surface area contributed by atoms with E-state index in [1.54, 1.807) is 61.0 Å². The van der Waals surface area contributed by atoms with Crippen LogP contribution in [0.15, 0.2) is 72.8 Å². The van der Waals surface area contributed by atoms with Gasteiger partial charge in [0.1, 0.15) is 29.9 Å². The van der Waals surface area contributed by atoms with E-state index in [1.807, 2.05) is 30.3 Å². The van der Waals surface area contributed by atoms with Crippen molar-refractivity contribution >= 4 is 34.6 Å². The van der Waals surface area contributed by atoms with Gasteiger partial charge < -0.3 is 20.4 Å². The minimum Gasteiger partial charge on any atom is -0.457 e. The van der Waals surface area contributed by atoms with Gasteiger partial charge in [-0.3, -0.25) is 19.4 Å². The molecule has 220 valence electrons.